The van der Waals surface area contributed by atoms with E-state index in [1.165, 1.54) is 15.7 Å². The molecular formula is C18H15N3O4S. The molecule has 4 aromatic rings. The van der Waals surface area contributed by atoms with Crippen LogP contribution in [0.2, 0.25) is 0 Å². The predicted molar refractivity (Wildman–Crippen MR) is 97.9 cm³/mol. The highest BCUT2D eigenvalue weighted by Gasteiger charge is 2.16. The molecule has 0 saturated heterocycles. The fourth-order valence-corrected chi connectivity index (χ4v) is 3.58. The van der Waals surface area contributed by atoms with Crippen molar-refractivity contribution in [1.82, 2.24) is 14.6 Å². The zero-order valence-electron chi connectivity index (χ0n) is 14.3. The molecule has 4 rings (SSSR count). The molecule has 26 heavy (non-hydrogen) atoms. The summed E-state index contributed by atoms with van der Waals surface area (Å²) in [4.78, 5) is 13.4. The number of rotatable bonds is 4. The van der Waals surface area contributed by atoms with Crippen LogP contribution in [0.25, 0.3) is 22.4 Å². The molecule has 7 nitrogen and oxygen atoms in total. The molecule has 0 amide bonds. The summed E-state index contributed by atoms with van der Waals surface area (Å²) in [7, 11) is 3.13. The maximum atomic E-state index is 12.8. The zero-order chi connectivity index (χ0) is 18.3. The summed E-state index contributed by atoms with van der Waals surface area (Å²) in [5.41, 5.74) is 0.527. The van der Waals surface area contributed by atoms with Crippen molar-refractivity contribution >= 4 is 22.4 Å². The standard InChI is InChI=1S/C18H15N3O4S/c1-10-4-6-12(25-10)9-15-17(22)21-16(19-20-18(21)26-15)11-5-7-13(23-2)14(8-11)24-3/h4-9H,1-3H3/b15-9-. The van der Waals surface area contributed by atoms with Gasteiger partial charge in [-0.3, -0.25) is 4.79 Å². The van der Waals surface area contributed by atoms with Crippen LogP contribution in [0.4, 0.5) is 0 Å². The summed E-state index contributed by atoms with van der Waals surface area (Å²) < 4.78 is 18.1. The number of benzene rings is 1. The Kier molecular flexibility index (Phi) is 3.96. The number of fused-ring (bicyclic) bond motifs is 1. The van der Waals surface area contributed by atoms with Gasteiger partial charge in [-0.2, -0.15) is 0 Å². The van der Waals surface area contributed by atoms with E-state index in [-0.39, 0.29) is 5.56 Å². The van der Waals surface area contributed by atoms with Crippen molar-refractivity contribution in [1.29, 1.82) is 0 Å². The van der Waals surface area contributed by atoms with Gasteiger partial charge in [0, 0.05) is 11.6 Å². The van der Waals surface area contributed by atoms with Crippen LogP contribution >= 0.6 is 11.3 Å². The zero-order valence-corrected chi connectivity index (χ0v) is 15.2. The monoisotopic (exact) mass is 369 g/mol. The third kappa shape index (κ3) is 2.64. The van der Waals surface area contributed by atoms with Crippen molar-refractivity contribution in [3.8, 4) is 22.9 Å². The highest BCUT2D eigenvalue weighted by molar-refractivity contribution is 7.15. The average Bonchev–Trinajstić information content (AvgIpc) is 3.33. The van der Waals surface area contributed by atoms with Gasteiger partial charge in [-0.25, -0.2) is 4.40 Å². The normalized spacial score (nSPS) is 12.0. The van der Waals surface area contributed by atoms with E-state index in [9.17, 15) is 4.79 Å². The smallest absolute Gasteiger partial charge is 0.276 e. The highest BCUT2D eigenvalue weighted by Crippen LogP contribution is 2.31. The lowest BCUT2D eigenvalue weighted by Crippen LogP contribution is -2.23. The number of aryl methyl sites for hydroxylation is 1. The van der Waals surface area contributed by atoms with E-state index in [0.717, 1.165) is 5.76 Å². The molecule has 0 aliphatic heterocycles. The van der Waals surface area contributed by atoms with E-state index in [4.69, 9.17) is 13.9 Å². The van der Waals surface area contributed by atoms with E-state index in [1.54, 1.807) is 32.4 Å². The first-order valence-electron chi connectivity index (χ1n) is 7.79. The molecule has 0 unspecified atom stereocenters. The van der Waals surface area contributed by atoms with Gasteiger partial charge in [0.2, 0.25) is 4.96 Å². The van der Waals surface area contributed by atoms with Gasteiger partial charge in [-0.15, -0.1) is 10.2 Å². The average molecular weight is 369 g/mol. The van der Waals surface area contributed by atoms with Crippen molar-refractivity contribution in [3.05, 3.63) is 56.7 Å². The molecule has 0 fully saturated rings. The second kappa shape index (κ2) is 6.30. The van der Waals surface area contributed by atoms with E-state index in [2.05, 4.69) is 10.2 Å². The number of furan rings is 1. The fraction of sp³-hybridized carbons (Fsp3) is 0.167. The Morgan fingerprint density at radius 3 is 2.62 bits per heavy atom. The van der Waals surface area contributed by atoms with Crippen LogP contribution in [0.1, 0.15) is 11.5 Å². The second-order valence-electron chi connectivity index (χ2n) is 5.58. The maximum absolute atomic E-state index is 12.8. The molecule has 0 bridgehead atoms. The molecule has 0 spiro atoms. The van der Waals surface area contributed by atoms with Gasteiger partial charge in [0.25, 0.3) is 5.56 Å². The van der Waals surface area contributed by atoms with Crippen molar-refractivity contribution in [2.24, 2.45) is 0 Å². The largest absolute Gasteiger partial charge is 0.493 e. The van der Waals surface area contributed by atoms with Crippen LogP contribution < -0.4 is 19.6 Å². The molecule has 0 aliphatic rings. The summed E-state index contributed by atoms with van der Waals surface area (Å²) in [6.45, 7) is 1.86. The second-order valence-corrected chi connectivity index (χ2v) is 6.58. The lowest BCUT2D eigenvalue weighted by Gasteiger charge is -2.08. The topological polar surface area (TPSA) is 78.9 Å². The summed E-state index contributed by atoms with van der Waals surface area (Å²) in [5, 5.41) is 8.29. The molecule has 3 heterocycles. The van der Waals surface area contributed by atoms with Gasteiger partial charge in [0.1, 0.15) is 16.1 Å². The number of hydrogen-bond donors (Lipinski definition) is 0. The summed E-state index contributed by atoms with van der Waals surface area (Å²) in [6, 6.07) is 9.03. The molecule has 0 radical (unpaired) electrons. The highest BCUT2D eigenvalue weighted by atomic mass is 32.1. The van der Waals surface area contributed by atoms with Gasteiger partial charge < -0.3 is 13.9 Å². The van der Waals surface area contributed by atoms with Crippen molar-refractivity contribution in [2.45, 2.75) is 6.92 Å². The maximum Gasteiger partial charge on any atom is 0.276 e. The Labute approximate surface area is 152 Å². The Bertz CT molecular complexity index is 1210. The number of thiazole rings is 1. The molecule has 0 saturated carbocycles. The molecule has 0 aliphatic carbocycles. The van der Waals surface area contributed by atoms with Crippen molar-refractivity contribution in [2.75, 3.05) is 14.2 Å². The lowest BCUT2D eigenvalue weighted by molar-refractivity contribution is 0.355. The first-order chi connectivity index (χ1) is 12.6. The summed E-state index contributed by atoms with van der Waals surface area (Å²) in [6.07, 6.45) is 1.72. The van der Waals surface area contributed by atoms with Crippen molar-refractivity contribution < 1.29 is 13.9 Å². The number of methoxy groups -OCH3 is 2. The van der Waals surface area contributed by atoms with E-state index in [1.807, 2.05) is 25.1 Å². The fourth-order valence-electron chi connectivity index (χ4n) is 2.69. The summed E-state index contributed by atoms with van der Waals surface area (Å²) >= 11 is 1.27. The minimum Gasteiger partial charge on any atom is -0.493 e. The summed E-state index contributed by atoms with van der Waals surface area (Å²) in [5.74, 6) is 3.04. The molecular weight excluding hydrogens is 354 g/mol. The van der Waals surface area contributed by atoms with Crippen LogP contribution in [0, 0.1) is 6.92 Å². The molecule has 0 atom stereocenters. The number of nitrogens with zero attached hydrogens (tertiary/aromatic N) is 3. The predicted octanol–water partition coefficient (Wildman–Crippen LogP) is 2.28. The number of ether oxygens (including phenoxy) is 2. The van der Waals surface area contributed by atoms with Crippen LogP contribution in [-0.2, 0) is 0 Å². The Morgan fingerprint density at radius 2 is 1.92 bits per heavy atom. The lowest BCUT2D eigenvalue weighted by atomic mass is 10.2. The quantitative estimate of drug-likeness (QED) is 0.549. The van der Waals surface area contributed by atoms with Gasteiger partial charge in [-0.1, -0.05) is 11.3 Å². The van der Waals surface area contributed by atoms with Crippen LogP contribution in [0.3, 0.4) is 0 Å². The third-order valence-electron chi connectivity index (χ3n) is 3.92. The van der Waals surface area contributed by atoms with Crippen LogP contribution in [0.15, 0.2) is 39.5 Å². The van der Waals surface area contributed by atoms with Gasteiger partial charge in [-0.05, 0) is 37.3 Å². The Morgan fingerprint density at radius 1 is 1.12 bits per heavy atom. The van der Waals surface area contributed by atoms with Crippen molar-refractivity contribution in [3.63, 3.8) is 0 Å². The van der Waals surface area contributed by atoms with Gasteiger partial charge in [0.15, 0.2) is 17.3 Å². The van der Waals surface area contributed by atoms with E-state index in [0.29, 0.717) is 38.1 Å². The van der Waals surface area contributed by atoms with Gasteiger partial charge >= 0.3 is 0 Å². The minimum absolute atomic E-state index is 0.186. The third-order valence-corrected chi connectivity index (χ3v) is 4.88. The van der Waals surface area contributed by atoms with Crippen LogP contribution in [-0.4, -0.2) is 28.8 Å². The van der Waals surface area contributed by atoms with E-state index < -0.39 is 0 Å². The minimum atomic E-state index is -0.186. The van der Waals surface area contributed by atoms with Gasteiger partial charge in [0.05, 0.1) is 14.2 Å². The first kappa shape index (κ1) is 16.3. The molecule has 132 valence electrons. The molecule has 3 aromatic heterocycles. The molecule has 1 aromatic carbocycles. The van der Waals surface area contributed by atoms with Crippen LogP contribution in [0.5, 0.6) is 11.5 Å². The van der Waals surface area contributed by atoms with E-state index >= 15 is 0 Å². The molecule has 0 N–H and O–H groups in total. The SMILES string of the molecule is COc1ccc(-c2nnc3s/c(=C\c4ccc(C)o4)c(=O)n23)cc1OC. The molecule has 8 heteroatoms. The Balaban J connectivity index is 1.88. The first-order valence-corrected chi connectivity index (χ1v) is 8.61. The Hall–Kier alpha value is -3.13. The number of aromatic nitrogens is 3. The number of hydrogen-bond acceptors (Lipinski definition) is 7.